The fourth-order valence-electron chi connectivity index (χ4n) is 2.30. The first kappa shape index (κ1) is 14.7. The summed E-state index contributed by atoms with van der Waals surface area (Å²) >= 11 is 5.97. The van der Waals surface area contributed by atoms with Crippen molar-refractivity contribution in [2.45, 2.75) is 25.8 Å². The summed E-state index contributed by atoms with van der Waals surface area (Å²) in [6.07, 6.45) is 1.24. The number of hydrogen-bond donors (Lipinski definition) is 2. The molecule has 0 radical (unpaired) electrons. The number of hydrogen-bond acceptors (Lipinski definition) is 3. The summed E-state index contributed by atoms with van der Waals surface area (Å²) in [6.45, 7) is 1.92. The molecule has 5 nitrogen and oxygen atoms in total. The van der Waals surface area contributed by atoms with E-state index in [9.17, 15) is 4.79 Å². The van der Waals surface area contributed by atoms with E-state index in [0.29, 0.717) is 17.9 Å². The fourth-order valence-corrected chi connectivity index (χ4v) is 2.50. The predicted molar refractivity (Wildman–Crippen MR) is 77.7 cm³/mol. The maximum absolute atomic E-state index is 12.5. The van der Waals surface area contributed by atoms with E-state index in [1.807, 2.05) is 25.1 Å². The van der Waals surface area contributed by atoms with Crippen LogP contribution in [0.2, 0.25) is 5.02 Å². The van der Waals surface area contributed by atoms with Crippen molar-refractivity contribution in [3.63, 3.8) is 0 Å². The van der Waals surface area contributed by atoms with Crippen molar-refractivity contribution >= 4 is 23.3 Å². The molecule has 108 valence electrons. The summed E-state index contributed by atoms with van der Waals surface area (Å²) in [5, 5.41) is 12.4. The number of carbonyl (C=O) groups is 1. The lowest BCUT2D eigenvalue weighted by molar-refractivity contribution is -0.135. The van der Waals surface area contributed by atoms with Gasteiger partial charge in [-0.1, -0.05) is 28.9 Å². The van der Waals surface area contributed by atoms with Crippen molar-refractivity contribution < 1.29 is 10.0 Å². The number of nitrogens with zero attached hydrogens (tertiary/aromatic N) is 2. The van der Waals surface area contributed by atoms with Crippen LogP contribution in [0.5, 0.6) is 0 Å². The van der Waals surface area contributed by atoms with Gasteiger partial charge in [-0.25, -0.2) is 0 Å². The number of carbonyl (C=O) groups excluding carboxylic acids is 1. The molecule has 0 heterocycles. The lowest BCUT2D eigenvalue weighted by atomic mass is 10.0. The Morgan fingerprint density at radius 3 is 2.70 bits per heavy atom. The summed E-state index contributed by atoms with van der Waals surface area (Å²) < 4.78 is 0. The molecule has 1 amide bonds. The van der Waals surface area contributed by atoms with Crippen molar-refractivity contribution in [2.24, 2.45) is 16.3 Å². The van der Waals surface area contributed by atoms with Crippen molar-refractivity contribution in [1.29, 1.82) is 0 Å². The van der Waals surface area contributed by atoms with Crippen LogP contribution in [-0.2, 0) is 4.79 Å². The fraction of sp³-hybridized carbons (Fsp3) is 0.429. The molecule has 20 heavy (non-hydrogen) atoms. The molecule has 1 atom stereocenters. The Morgan fingerprint density at radius 1 is 1.55 bits per heavy atom. The Balaban J connectivity index is 2.19. The second kappa shape index (κ2) is 5.32. The average Bonchev–Trinajstić information content (AvgIpc) is 3.25. The molecule has 1 fully saturated rings. The van der Waals surface area contributed by atoms with Crippen LogP contribution < -0.4 is 5.73 Å². The Kier molecular flexibility index (Phi) is 3.90. The second-order valence-corrected chi connectivity index (χ2v) is 5.65. The Hall–Kier alpha value is -1.75. The first-order valence-corrected chi connectivity index (χ1v) is 6.81. The standard InChI is InChI=1S/C14H18ClN3O2/c1-9(10-4-3-5-11(15)8-10)18(2)13(19)14(6-7-14)12(16)17-20/h3-5,8-9,20H,6-7H2,1-2H3,(H2,16,17). The number of rotatable bonds is 4. The molecule has 2 rings (SSSR count). The van der Waals surface area contributed by atoms with Gasteiger partial charge in [-0.05, 0) is 37.5 Å². The molecule has 0 aliphatic heterocycles. The highest BCUT2D eigenvalue weighted by Gasteiger charge is 2.55. The van der Waals surface area contributed by atoms with Crippen LogP contribution in [0.15, 0.2) is 29.4 Å². The quantitative estimate of drug-likeness (QED) is 0.387. The lowest BCUT2D eigenvalue weighted by Crippen LogP contribution is -2.42. The maximum Gasteiger partial charge on any atom is 0.236 e. The summed E-state index contributed by atoms with van der Waals surface area (Å²) in [5.41, 5.74) is 5.77. The van der Waals surface area contributed by atoms with Crippen LogP contribution >= 0.6 is 11.6 Å². The van der Waals surface area contributed by atoms with Gasteiger partial charge in [0.1, 0.15) is 5.41 Å². The molecule has 0 bridgehead atoms. The van der Waals surface area contributed by atoms with Crippen LogP contribution in [0.4, 0.5) is 0 Å². The minimum atomic E-state index is -0.823. The molecule has 1 aliphatic rings. The van der Waals surface area contributed by atoms with Crippen LogP contribution in [-0.4, -0.2) is 28.9 Å². The first-order valence-electron chi connectivity index (χ1n) is 6.43. The van der Waals surface area contributed by atoms with Gasteiger partial charge in [-0.15, -0.1) is 0 Å². The minimum Gasteiger partial charge on any atom is -0.409 e. The van der Waals surface area contributed by atoms with Gasteiger partial charge in [0, 0.05) is 12.1 Å². The molecule has 1 unspecified atom stereocenters. The summed E-state index contributed by atoms with van der Waals surface area (Å²) in [4.78, 5) is 14.2. The zero-order chi connectivity index (χ0) is 14.9. The van der Waals surface area contributed by atoms with Gasteiger partial charge in [0.05, 0.1) is 6.04 Å². The van der Waals surface area contributed by atoms with Crippen molar-refractivity contribution in [3.05, 3.63) is 34.9 Å². The molecule has 0 saturated heterocycles. The van der Waals surface area contributed by atoms with Crippen molar-refractivity contribution in [3.8, 4) is 0 Å². The Labute approximate surface area is 123 Å². The summed E-state index contributed by atoms with van der Waals surface area (Å²) in [6, 6.07) is 7.26. The van der Waals surface area contributed by atoms with E-state index in [0.717, 1.165) is 5.56 Å². The monoisotopic (exact) mass is 295 g/mol. The van der Waals surface area contributed by atoms with Gasteiger partial charge in [-0.2, -0.15) is 0 Å². The molecular weight excluding hydrogens is 278 g/mol. The second-order valence-electron chi connectivity index (χ2n) is 5.21. The molecule has 6 heteroatoms. The van der Waals surface area contributed by atoms with Crippen molar-refractivity contribution in [1.82, 2.24) is 4.90 Å². The van der Waals surface area contributed by atoms with Gasteiger partial charge < -0.3 is 15.8 Å². The molecular formula is C14H18ClN3O2. The third kappa shape index (κ3) is 2.45. The average molecular weight is 296 g/mol. The van der Waals surface area contributed by atoms with Gasteiger partial charge in [0.25, 0.3) is 0 Å². The normalized spacial score (nSPS) is 18.4. The van der Waals surface area contributed by atoms with Crippen LogP contribution in [0, 0.1) is 5.41 Å². The molecule has 0 spiro atoms. The van der Waals surface area contributed by atoms with Gasteiger partial charge in [0.15, 0.2) is 5.84 Å². The topological polar surface area (TPSA) is 78.9 Å². The van der Waals surface area contributed by atoms with E-state index >= 15 is 0 Å². The number of halogens is 1. The SMILES string of the molecule is CC(c1cccc(Cl)c1)N(C)C(=O)C1(/C(N)=N/O)CC1. The third-order valence-corrected chi connectivity index (χ3v) is 4.22. The first-order chi connectivity index (χ1) is 9.42. The van der Waals surface area contributed by atoms with E-state index < -0.39 is 5.41 Å². The number of nitrogens with two attached hydrogens (primary N) is 1. The maximum atomic E-state index is 12.5. The highest BCUT2D eigenvalue weighted by Crippen LogP contribution is 2.48. The van der Waals surface area contributed by atoms with Gasteiger partial charge in [0.2, 0.25) is 5.91 Å². The zero-order valence-corrected chi connectivity index (χ0v) is 12.3. The number of benzene rings is 1. The Morgan fingerprint density at radius 2 is 2.20 bits per heavy atom. The minimum absolute atomic E-state index is 0.00681. The van der Waals surface area contributed by atoms with E-state index in [4.69, 9.17) is 22.5 Å². The number of amides is 1. The molecule has 1 aliphatic carbocycles. The van der Waals surface area contributed by atoms with Crippen LogP contribution in [0.1, 0.15) is 31.4 Å². The largest absolute Gasteiger partial charge is 0.409 e. The smallest absolute Gasteiger partial charge is 0.236 e. The third-order valence-electron chi connectivity index (χ3n) is 3.99. The van der Waals surface area contributed by atoms with Crippen LogP contribution in [0.3, 0.4) is 0 Å². The molecule has 1 aromatic rings. The van der Waals surface area contributed by atoms with Gasteiger partial charge >= 0.3 is 0 Å². The van der Waals surface area contributed by atoms with Crippen LogP contribution in [0.25, 0.3) is 0 Å². The van der Waals surface area contributed by atoms with E-state index in [2.05, 4.69) is 5.16 Å². The lowest BCUT2D eigenvalue weighted by Gasteiger charge is -2.29. The van der Waals surface area contributed by atoms with Crippen molar-refractivity contribution in [2.75, 3.05) is 7.05 Å². The highest BCUT2D eigenvalue weighted by molar-refractivity contribution is 6.30. The predicted octanol–water partition coefficient (Wildman–Crippen LogP) is 2.39. The molecule has 0 aromatic heterocycles. The molecule has 1 aromatic carbocycles. The van der Waals surface area contributed by atoms with E-state index in [-0.39, 0.29) is 17.8 Å². The number of amidine groups is 1. The molecule has 1 saturated carbocycles. The summed E-state index contributed by atoms with van der Waals surface area (Å²) in [7, 11) is 1.72. The molecule has 3 N–H and O–H groups in total. The van der Waals surface area contributed by atoms with E-state index in [1.165, 1.54) is 0 Å². The van der Waals surface area contributed by atoms with E-state index in [1.54, 1.807) is 18.0 Å². The number of oxime groups is 1. The highest BCUT2D eigenvalue weighted by atomic mass is 35.5. The Bertz CT molecular complexity index is 555. The zero-order valence-electron chi connectivity index (χ0n) is 11.5. The van der Waals surface area contributed by atoms with Gasteiger partial charge in [-0.3, -0.25) is 4.79 Å². The summed E-state index contributed by atoms with van der Waals surface area (Å²) in [5.74, 6) is -0.132.